The Kier molecular flexibility index (Phi) is 4.72. The highest BCUT2D eigenvalue weighted by molar-refractivity contribution is 5.82. The number of fused-ring (bicyclic) bond motifs is 1. The van der Waals surface area contributed by atoms with Crippen LogP contribution in [-0.2, 0) is 4.79 Å². The van der Waals surface area contributed by atoms with Crippen LogP contribution in [0.25, 0.3) is 10.8 Å². The number of nitrogens with one attached hydrogen (secondary N) is 2. The van der Waals surface area contributed by atoms with Gasteiger partial charge in [-0.3, -0.25) is 9.59 Å². The Morgan fingerprint density at radius 3 is 2.76 bits per heavy atom. The second-order valence-electron chi connectivity index (χ2n) is 4.97. The van der Waals surface area contributed by atoms with Crippen molar-refractivity contribution in [1.29, 1.82) is 0 Å². The second kappa shape index (κ2) is 6.51. The van der Waals surface area contributed by atoms with E-state index in [9.17, 15) is 19.8 Å². The van der Waals surface area contributed by atoms with Crippen LogP contribution < -0.4 is 10.9 Å². The van der Waals surface area contributed by atoms with Gasteiger partial charge in [-0.2, -0.15) is 0 Å². The maximum absolute atomic E-state index is 11.3. The van der Waals surface area contributed by atoms with Crippen molar-refractivity contribution in [2.75, 3.05) is 6.54 Å². The van der Waals surface area contributed by atoms with Gasteiger partial charge in [0.15, 0.2) is 0 Å². The molecule has 0 radical (unpaired) electrons. The summed E-state index contributed by atoms with van der Waals surface area (Å²) in [5.74, 6) is -0.179. The van der Waals surface area contributed by atoms with Gasteiger partial charge in [-0.1, -0.05) is 12.1 Å². The number of rotatable bonds is 5. The summed E-state index contributed by atoms with van der Waals surface area (Å²) in [7, 11) is 0. The number of aliphatic hydroxyl groups is 2. The topological polar surface area (TPSA) is 102 Å². The van der Waals surface area contributed by atoms with Gasteiger partial charge in [0.2, 0.25) is 11.5 Å². The standard InChI is InChI=1S/C15H18N2O4/c1-9(18)16-5-4-13(19)15(21)10-2-3-11-8-17-14(20)7-12(11)6-10/h2-3,6-8,13,15,19,21H,4-5H2,1H3,(H,16,18)(H,17,20). The zero-order valence-corrected chi connectivity index (χ0v) is 11.7. The third-order valence-electron chi connectivity index (χ3n) is 3.29. The van der Waals surface area contributed by atoms with Crippen LogP contribution in [0.1, 0.15) is 25.0 Å². The van der Waals surface area contributed by atoms with Gasteiger partial charge in [0.25, 0.3) is 0 Å². The fraction of sp³-hybridized carbons (Fsp3) is 0.333. The fourth-order valence-corrected chi connectivity index (χ4v) is 2.14. The van der Waals surface area contributed by atoms with E-state index >= 15 is 0 Å². The summed E-state index contributed by atoms with van der Waals surface area (Å²) in [5, 5.41) is 24.2. The van der Waals surface area contributed by atoms with E-state index < -0.39 is 12.2 Å². The lowest BCUT2D eigenvalue weighted by atomic mass is 9.99. The van der Waals surface area contributed by atoms with Crippen LogP contribution in [0.4, 0.5) is 0 Å². The Morgan fingerprint density at radius 2 is 2.05 bits per heavy atom. The van der Waals surface area contributed by atoms with Gasteiger partial charge < -0.3 is 20.5 Å². The molecule has 0 saturated carbocycles. The van der Waals surface area contributed by atoms with E-state index in [1.54, 1.807) is 24.4 Å². The molecule has 1 heterocycles. The molecule has 0 spiro atoms. The Hall–Kier alpha value is -2.18. The first-order valence-electron chi connectivity index (χ1n) is 6.70. The molecule has 4 N–H and O–H groups in total. The summed E-state index contributed by atoms with van der Waals surface area (Å²) in [6.45, 7) is 1.69. The molecule has 0 aliphatic rings. The van der Waals surface area contributed by atoms with E-state index in [0.717, 1.165) is 5.39 Å². The zero-order valence-electron chi connectivity index (χ0n) is 11.7. The fourth-order valence-electron chi connectivity index (χ4n) is 2.14. The highest BCUT2D eigenvalue weighted by Gasteiger charge is 2.18. The SMILES string of the molecule is CC(=O)NCCC(O)C(O)c1ccc2c[nH]c(=O)cc2c1. The Bertz CT molecular complexity index is 695. The smallest absolute Gasteiger partial charge is 0.248 e. The van der Waals surface area contributed by atoms with Gasteiger partial charge >= 0.3 is 0 Å². The molecule has 112 valence electrons. The minimum absolute atomic E-state index is 0.179. The summed E-state index contributed by atoms with van der Waals surface area (Å²) in [5.41, 5.74) is 0.309. The number of aromatic amines is 1. The van der Waals surface area contributed by atoms with Gasteiger partial charge in [-0.25, -0.2) is 0 Å². The molecular weight excluding hydrogens is 272 g/mol. The number of H-pyrrole nitrogens is 1. The molecular formula is C15H18N2O4. The average Bonchev–Trinajstić information content (AvgIpc) is 2.45. The third-order valence-corrected chi connectivity index (χ3v) is 3.29. The number of pyridine rings is 1. The van der Waals surface area contributed by atoms with E-state index in [1.165, 1.54) is 13.0 Å². The molecule has 1 amide bonds. The van der Waals surface area contributed by atoms with E-state index in [4.69, 9.17) is 0 Å². The molecule has 21 heavy (non-hydrogen) atoms. The maximum Gasteiger partial charge on any atom is 0.248 e. The van der Waals surface area contributed by atoms with Crippen LogP contribution in [0.2, 0.25) is 0 Å². The molecule has 2 unspecified atom stereocenters. The number of carbonyl (C=O) groups is 1. The normalized spacial score (nSPS) is 13.9. The Balaban J connectivity index is 2.12. The number of aliphatic hydroxyl groups excluding tert-OH is 2. The summed E-state index contributed by atoms with van der Waals surface area (Å²) in [6, 6.07) is 6.59. The number of carbonyl (C=O) groups excluding carboxylic acids is 1. The molecule has 1 aromatic carbocycles. The predicted octanol–water partition coefficient (Wildman–Crippen LogP) is 0.449. The average molecular weight is 290 g/mol. The minimum Gasteiger partial charge on any atom is -0.390 e. The lowest BCUT2D eigenvalue weighted by molar-refractivity contribution is -0.119. The number of hydrogen-bond acceptors (Lipinski definition) is 4. The molecule has 1 aromatic heterocycles. The zero-order chi connectivity index (χ0) is 15.4. The molecule has 2 atom stereocenters. The maximum atomic E-state index is 11.3. The van der Waals surface area contributed by atoms with Crippen LogP contribution in [0, 0.1) is 0 Å². The molecule has 0 aliphatic heterocycles. The lowest BCUT2D eigenvalue weighted by Crippen LogP contribution is -2.27. The predicted molar refractivity (Wildman–Crippen MR) is 78.8 cm³/mol. The molecule has 0 aliphatic carbocycles. The van der Waals surface area contributed by atoms with E-state index in [2.05, 4.69) is 10.3 Å². The lowest BCUT2D eigenvalue weighted by Gasteiger charge is -2.18. The van der Waals surface area contributed by atoms with Gasteiger partial charge in [0.05, 0.1) is 6.10 Å². The third kappa shape index (κ3) is 3.90. The summed E-state index contributed by atoms with van der Waals surface area (Å²) in [6.07, 6.45) is -0.214. The summed E-state index contributed by atoms with van der Waals surface area (Å²) < 4.78 is 0. The highest BCUT2D eigenvalue weighted by atomic mass is 16.3. The largest absolute Gasteiger partial charge is 0.390 e. The van der Waals surface area contributed by atoms with Gasteiger partial charge in [0, 0.05) is 25.7 Å². The van der Waals surface area contributed by atoms with E-state index in [0.29, 0.717) is 17.5 Å². The quantitative estimate of drug-likeness (QED) is 0.642. The molecule has 6 nitrogen and oxygen atoms in total. The number of benzene rings is 1. The van der Waals surface area contributed by atoms with Crippen molar-refractivity contribution in [3.05, 3.63) is 46.4 Å². The van der Waals surface area contributed by atoms with Gasteiger partial charge in [-0.15, -0.1) is 0 Å². The van der Waals surface area contributed by atoms with Gasteiger partial charge in [0.1, 0.15) is 6.10 Å². The van der Waals surface area contributed by atoms with Gasteiger partial charge in [-0.05, 0) is 28.8 Å². The van der Waals surface area contributed by atoms with Crippen molar-refractivity contribution >= 4 is 16.7 Å². The molecule has 2 rings (SSSR count). The first-order valence-corrected chi connectivity index (χ1v) is 6.70. The number of hydrogen-bond donors (Lipinski definition) is 4. The van der Waals surface area contributed by atoms with Crippen molar-refractivity contribution in [3.63, 3.8) is 0 Å². The molecule has 0 fully saturated rings. The highest BCUT2D eigenvalue weighted by Crippen LogP contribution is 2.22. The minimum atomic E-state index is -1.07. The monoisotopic (exact) mass is 290 g/mol. The number of aromatic nitrogens is 1. The van der Waals surface area contributed by atoms with Crippen molar-refractivity contribution < 1.29 is 15.0 Å². The van der Waals surface area contributed by atoms with Crippen LogP contribution in [-0.4, -0.2) is 33.8 Å². The molecule has 2 aromatic rings. The first kappa shape index (κ1) is 15.2. The molecule has 0 bridgehead atoms. The van der Waals surface area contributed by atoms with E-state index in [-0.39, 0.29) is 17.9 Å². The van der Waals surface area contributed by atoms with E-state index in [1.807, 2.05) is 0 Å². The van der Waals surface area contributed by atoms with Crippen molar-refractivity contribution in [2.24, 2.45) is 0 Å². The second-order valence-corrected chi connectivity index (χ2v) is 4.97. The van der Waals surface area contributed by atoms with Crippen LogP contribution >= 0.6 is 0 Å². The molecule has 0 saturated heterocycles. The molecule has 6 heteroatoms. The van der Waals surface area contributed by atoms with Crippen molar-refractivity contribution in [2.45, 2.75) is 25.6 Å². The summed E-state index contributed by atoms with van der Waals surface area (Å²) in [4.78, 5) is 24.6. The van der Waals surface area contributed by atoms with Crippen molar-refractivity contribution in [1.82, 2.24) is 10.3 Å². The van der Waals surface area contributed by atoms with Crippen LogP contribution in [0.3, 0.4) is 0 Å². The van der Waals surface area contributed by atoms with Crippen LogP contribution in [0.15, 0.2) is 35.3 Å². The Morgan fingerprint density at radius 1 is 1.29 bits per heavy atom. The number of amides is 1. The van der Waals surface area contributed by atoms with Crippen LogP contribution in [0.5, 0.6) is 0 Å². The Labute approximate surface area is 121 Å². The van der Waals surface area contributed by atoms with Crippen molar-refractivity contribution in [3.8, 4) is 0 Å². The summed E-state index contributed by atoms with van der Waals surface area (Å²) >= 11 is 0. The first-order chi connectivity index (χ1) is 9.97.